The quantitative estimate of drug-likeness (QED) is 0.861. The minimum absolute atomic E-state index is 0.394. The van der Waals surface area contributed by atoms with Crippen molar-refractivity contribution in [2.75, 3.05) is 20.8 Å². The summed E-state index contributed by atoms with van der Waals surface area (Å²) in [7, 11) is 3.75. The van der Waals surface area contributed by atoms with Crippen LogP contribution in [0.2, 0.25) is 0 Å². The van der Waals surface area contributed by atoms with Gasteiger partial charge in [0.1, 0.15) is 5.75 Å². The zero-order valence-electron chi connectivity index (χ0n) is 12.9. The molecule has 0 spiro atoms. The molecule has 1 aliphatic rings. The summed E-state index contributed by atoms with van der Waals surface area (Å²) in [5.41, 5.74) is 2.53. The van der Waals surface area contributed by atoms with E-state index in [1.165, 1.54) is 30.4 Å². The lowest BCUT2D eigenvalue weighted by Gasteiger charge is -2.25. The van der Waals surface area contributed by atoms with Crippen molar-refractivity contribution in [3.05, 3.63) is 29.3 Å². The minimum Gasteiger partial charge on any atom is -0.496 e. The predicted octanol–water partition coefficient (Wildman–Crippen LogP) is 3.61. The lowest BCUT2D eigenvalue weighted by molar-refractivity contribution is 0.00866. The molecule has 1 N–H and O–H groups in total. The van der Waals surface area contributed by atoms with Gasteiger partial charge in [0.05, 0.1) is 13.2 Å². The summed E-state index contributed by atoms with van der Waals surface area (Å²) in [4.78, 5) is 0. The molecule has 0 aromatic heterocycles. The Bertz CT molecular complexity index is 413. The topological polar surface area (TPSA) is 30.5 Å². The van der Waals surface area contributed by atoms with E-state index in [4.69, 9.17) is 9.47 Å². The highest BCUT2D eigenvalue weighted by Crippen LogP contribution is 2.27. The van der Waals surface area contributed by atoms with Gasteiger partial charge in [-0.15, -0.1) is 0 Å². The largest absolute Gasteiger partial charge is 0.496 e. The normalized spacial score (nSPS) is 20.6. The van der Waals surface area contributed by atoms with Crippen LogP contribution in [0.1, 0.15) is 49.3 Å². The van der Waals surface area contributed by atoms with Crippen molar-refractivity contribution in [3.8, 4) is 5.75 Å². The Kier molecular flexibility index (Phi) is 5.86. The molecule has 0 amide bonds. The van der Waals surface area contributed by atoms with E-state index < -0.39 is 0 Å². The molecule has 1 aromatic rings. The summed E-state index contributed by atoms with van der Waals surface area (Å²) in [6.07, 6.45) is 6.47. The van der Waals surface area contributed by atoms with Gasteiger partial charge in [-0.2, -0.15) is 0 Å². The number of methoxy groups -OCH3 is 1. The maximum Gasteiger partial charge on any atom is 0.121 e. The molecular weight excluding hydrogens is 250 g/mol. The van der Waals surface area contributed by atoms with Gasteiger partial charge in [0.15, 0.2) is 0 Å². The molecule has 1 aromatic carbocycles. The van der Waals surface area contributed by atoms with Gasteiger partial charge in [0.25, 0.3) is 0 Å². The van der Waals surface area contributed by atoms with E-state index in [2.05, 4.69) is 30.4 Å². The van der Waals surface area contributed by atoms with E-state index in [1.807, 2.05) is 7.05 Å². The van der Waals surface area contributed by atoms with Crippen molar-refractivity contribution in [1.82, 2.24) is 5.32 Å². The second-order valence-corrected chi connectivity index (χ2v) is 5.64. The molecule has 3 heteroatoms. The van der Waals surface area contributed by atoms with Gasteiger partial charge in [-0.3, -0.25) is 0 Å². The third kappa shape index (κ3) is 3.97. The molecular formula is C17H27NO2. The first kappa shape index (κ1) is 15.3. The number of hydrogen-bond donors (Lipinski definition) is 1. The fourth-order valence-electron chi connectivity index (χ4n) is 2.98. The molecule has 1 aliphatic heterocycles. The average molecular weight is 277 g/mol. The number of aryl methyl sites for hydroxylation is 1. The molecule has 0 aliphatic carbocycles. The lowest BCUT2D eigenvalue weighted by Crippen LogP contribution is -2.23. The van der Waals surface area contributed by atoms with Crippen molar-refractivity contribution >= 4 is 0 Å². The molecule has 2 rings (SSSR count). The lowest BCUT2D eigenvalue weighted by atomic mass is 9.96. The first-order valence-electron chi connectivity index (χ1n) is 7.68. The van der Waals surface area contributed by atoms with Crippen LogP contribution in [-0.4, -0.2) is 26.9 Å². The van der Waals surface area contributed by atoms with Crippen molar-refractivity contribution in [2.24, 2.45) is 0 Å². The van der Waals surface area contributed by atoms with E-state index in [0.29, 0.717) is 12.1 Å². The first-order chi connectivity index (χ1) is 9.74. The van der Waals surface area contributed by atoms with Crippen LogP contribution in [0.15, 0.2) is 18.2 Å². The molecule has 2 atom stereocenters. The summed E-state index contributed by atoms with van der Waals surface area (Å²) < 4.78 is 11.1. The van der Waals surface area contributed by atoms with E-state index in [9.17, 15) is 0 Å². The molecule has 3 nitrogen and oxygen atoms in total. The van der Waals surface area contributed by atoms with Crippen LogP contribution in [-0.2, 0) is 4.74 Å². The third-order valence-corrected chi connectivity index (χ3v) is 4.22. The highest BCUT2D eigenvalue weighted by molar-refractivity contribution is 5.37. The third-order valence-electron chi connectivity index (χ3n) is 4.22. The van der Waals surface area contributed by atoms with Crippen molar-refractivity contribution in [2.45, 2.75) is 51.2 Å². The molecule has 0 saturated carbocycles. The summed E-state index contributed by atoms with van der Waals surface area (Å²) in [5, 5.41) is 3.43. The van der Waals surface area contributed by atoms with E-state index in [-0.39, 0.29) is 0 Å². The molecule has 112 valence electrons. The Labute approximate surface area is 122 Å². The highest BCUT2D eigenvalue weighted by atomic mass is 16.5. The van der Waals surface area contributed by atoms with Crippen molar-refractivity contribution in [3.63, 3.8) is 0 Å². The fraction of sp³-hybridized carbons (Fsp3) is 0.647. The second-order valence-electron chi connectivity index (χ2n) is 5.64. The van der Waals surface area contributed by atoms with Crippen LogP contribution in [0.3, 0.4) is 0 Å². The first-order valence-corrected chi connectivity index (χ1v) is 7.68. The Morgan fingerprint density at radius 3 is 2.85 bits per heavy atom. The maximum absolute atomic E-state index is 5.82. The SMILES string of the molecule is CNC(CCC1CCCCO1)c1ccc(OC)c(C)c1. The Hall–Kier alpha value is -1.06. The standard InChI is InChI=1S/C17H27NO2/c1-13-12-14(7-10-17(13)19-3)16(18-2)9-8-15-6-4-5-11-20-15/h7,10,12,15-16,18H,4-6,8-9,11H2,1-3H3. The van der Waals surface area contributed by atoms with Gasteiger partial charge >= 0.3 is 0 Å². The molecule has 1 heterocycles. The molecule has 1 saturated heterocycles. The van der Waals surface area contributed by atoms with Crippen LogP contribution in [0.4, 0.5) is 0 Å². The van der Waals surface area contributed by atoms with Gasteiger partial charge in [-0.1, -0.05) is 12.1 Å². The van der Waals surface area contributed by atoms with Crippen LogP contribution < -0.4 is 10.1 Å². The van der Waals surface area contributed by atoms with Crippen molar-refractivity contribution in [1.29, 1.82) is 0 Å². The van der Waals surface area contributed by atoms with Crippen LogP contribution >= 0.6 is 0 Å². The molecule has 0 radical (unpaired) electrons. The molecule has 2 unspecified atom stereocenters. The summed E-state index contributed by atoms with van der Waals surface area (Å²) in [6, 6.07) is 6.84. The molecule has 0 bridgehead atoms. The minimum atomic E-state index is 0.394. The maximum atomic E-state index is 5.82. The Morgan fingerprint density at radius 1 is 1.40 bits per heavy atom. The monoisotopic (exact) mass is 277 g/mol. The molecule has 1 fully saturated rings. The number of rotatable bonds is 6. The summed E-state index contributed by atoms with van der Waals surface area (Å²) >= 11 is 0. The molecule has 20 heavy (non-hydrogen) atoms. The van der Waals surface area contributed by atoms with Gasteiger partial charge in [0.2, 0.25) is 0 Å². The van der Waals surface area contributed by atoms with E-state index >= 15 is 0 Å². The predicted molar refractivity (Wildman–Crippen MR) is 82.4 cm³/mol. The van der Waals surface area contributed by atoms with E-state index in [1.54, 1.807) is 7.11 Å². The van der Waals surface area contributed by atoms with Gasteiger partial charge in [-0.25, -0.2) is 0 Å². The number of ether oxygens (including phenoxy) is 2. The zero-order chi connectivity index (χ0) is 14.4. The highest BCUT2D eigenvalue weighted by Gasteiger charge is 2.17. The Morgan fingerprint density at radius 2 is 2.25 bits per heavy atom. The second kappa shape index (κ2) is 7.65. The number of hydrogen-bond acceptors (Lipinski definition) is 3. The summed E-state index contributed by atoms with van der Waals surface area (Å²) in [5.74, 6) is 0.958. The summed E-state index contributed by atoms with van der Waals surface area (Å²) in [6.45, 7) is 3.04. The van der Waals surface area contributed by atoms with Crippen LogP contribution in [0.5, 0.6) is 5.75 Å². The van der Waals surface area contributed by atoms with Gasteiger partial charge in [0, 0.05) is 12.6 Å². The number of nitrogens with one attached hydrogen (secondary N) is 1. The van der Waals surface area contributed by atoms with Crippen LogP contribution in [0, 0.1) is 6.92 Å². The Balaban J connectivity index is 1.94. The fourth-order valence-corrected chi connectivity index (χ4v) is 2.98. The zero-order valence-corrected chi connectivity index (χ0v) is 12.9. The average Bonchev–Trinajstić information content (AvgIpc) is 2.49. The van der Waals surface area contributed by atoms with Crippen molar-refractivity contribution < 1.29 is 9.47 Å². The van der Waals surface area contributed by atoms with Gasteiger partial charge < -0.3 is 14.8 Å². The van der Waals surface area contributed by atoms with Crippen LogP contribution in [0.25, 0.3) is 0 Å². The number of benzene rings is 1. The van der Waals surface area contributed by atoms with Gasteiger partial charge in [-0.05, 0) is 63.3 Å². The van der Waals surface area contributed by atoms with E-state index in [0.717, 1.165) is 25.2 Å². The smallest absolute Gasteiger partial charge is 0.121 e.